The predicted octanol–water partition coefficient (Wildman–Crippen LogP) is 3.80. The van der Waals surface area contributed by atoms with Gasteiger partial charge in [0, 0.05) is 17.0 Å². The maximum Gasteiger partial charge on any atom is 0.236 e. The van der Waals surface area contributed by atoms with Crippen LogP contribution >= 0.6 is 0 Å². The number of rotatable bonds is 9. The second kappa shape index (κ2) is 10.4. The molecule has 1 heterocycles. The molecule has 0 aliphatic carbocycles. The van der Waals surface area contributed by atoms with Crippen LogP contribution in [-0.4, -0.2) is 38.4 Å². The molecule has 8 heteroatoms. The van der Waals surface area contributed by atoms with Gasteiger partial charge in [0.2, 0.25) is 17.6 Å². The number of aryl methyl sites for hydroxylation is 1. The van der Waals surface area contributed by atoms with Crippen molar-refractivity contribution in [3.63, 3.8) is 0 Å². The van der Waals surface area contributed by atoms with E-state index in [-0.39, 0.29) is 30.4 Å². The molecule has 3 aromatic carbocycles. The normalized spacial score (nSPS) is 10.8. The Morgan fingerprint density at radius 2 is 1.72 bits per heavy atom. The molecule has 2 amide bonds. The summed E-state index contributed by atoms with van der Waals surface area (Å²) in [5.74, 6) is 0.0559. The number of methoxy groups -OCH3 is 2. The highest BCUT2D eigenvalue weighted by Gasteiger charge is 2.23. The predicted molar refractivity (Wildman–Crippen MR) is 135 cm³/mol. The SMILES string of the molecule is COc1ccc(C(=O)c2oc3cc(-c4cccc(CC(=O)NCC(N)=O)c4)ccc3c2C)c(OC)c1. The number of fused-ring (bicyclic) bond motifs is 1. The number of nitrogens with one attached hydrogen (secondary N) is 1. The third-order valence-corrected chi connectivity index (χ3v) is 5.88. The van der Waals surface area contributed by atoms with Crippen molar-refractivity contribution in [2.45, 2.75) is 13.3 Å². The van der Waals surface area contributed by atoms with Gasteiger partial charge >= 0.3 is 0 Å². The molecule has 0 aliphatic heterocycles. The first kappa shape index (κ1) is 24.5. The summed E-state index contributed by atoms with van der Waals surface area (Å²) in [5, 5.41) is 3.32. The molecule has 0 radical (unpaired) electrons. The molecule has 0 fully saturated rings. The van der Waals surface area contributed by atoms with Gasteiger partial charge in [-0.2, -0.15) is 0 Å². The maximum atomic E-state index is 13.3. The van der Waals surface area contributed by atoms with E-state index in [1.807, 2.05) is 49.4 Å². The highest BCUT2D eigenvalue weighted by molar-refractivity contribution is 6.12. The lowest BCUT2D eigenvalue weighted by atomic mass is 9.99. The smallest absolute Gasteiger partial charge is 0.236 e. The molecule has 0 spiro atoms. The van der Waals surface area contributed by atoms with Crippen LogP contribution in [0.2, 0.25) is 0 Å². The fraction of sp³-hybridized carbons (Fsp3) is 0.179. The van der Waals surface area contributed by atoms with Gasteiger partial charge in [-0.15, -0.1) is 0 Å². The lowest BCUT2D eigenvalue weighted by Crippen LogP contribution is -2.34. The van der Waals surface area contributed by atoms with Crippen LogP contribution in [0.25, 0.3) is 22.1 Å². The summed E-state index contributed by atoms with van der Waals surface area (Å²) in [4.78, 5) is 36.3. The number of benzene rings is 3. The standard InChI is InChI=1S/C28H26N2O6/c1-16-21-9-7-19(18-6-4-5-17(11-18)12-26(32)30-15-25(29)31)13-24(21)36-28(16)27(33)22-10-8-20(34-2)14-23(22)35-3/h4-11,13-14H,12,15H2,1-3H3,(H2,29,31)(H,30,32). The Hall–Kier alpha value is -4.59. The quantitative estimate of drug-likeness (QED) is 0.347. The van der Waals surface area contributed by atoms with E-state index in [1.165, 1.54) is 7.11 Å². The molecule has 8 nitrogen and oxygen atoms in total. The Balaban J connectivity index is 1.63. The molecule has 0 saturated carbocycles. The lowest BCUT2D eigenvalue weighted by molar-refractivity contribution is -0.124. The van der Waals surface area contributed by atoms with Gasteiger partial charge in [0.25, 0.3) is 0 Å². The van der Waals surface area contributed by atoms with Crippen LogP contribution in [0.1, 0.15) is 27.2 Å². The van der Waals surface area contributed by atoms with Crippen molar-refractivity contribution in [2.75, 3.05) is 20.8 Å². The van der Waals surface area contributed by atoms with E-state index in [1.54, 1.807) is 25.3 Å². The van der Waals surface area contributed by atoms with Crippen molar-refractivity contribution in [1.82, 2.24) is 5.32 Å². The number of carbonyl (C=O) groups is 3. The summed E-state index contributed by atoms with van der Waals surface area (Å²) in [6.45, 7) is 1.65. The van der Waals surface area contributed by atoms with Crippen molar-refractivity contribution < 1.29 is 28.3 Å². The highest BCUT2D eigenvalue weighted by atomic mass is 16.5. The molecule has 0 saturated heterocycles. The zero-order valence-corrected chi connectivity index (χ0v) is 20.2. The zero-order valence-electron chi connectivity index (χ0n) is 20.2. The summed E-state index contributed by atoms with van der Waals surface area (Å²) >= 11 is 0. The molecule has 4 rings (SSSR count). The van der Waals surface area contributed by atoms with E-state index >= 15 is 0 Å². The number of hydrogen-bond donors (Lipinski definition) is 2. The number of furan rings is 1. The second-order valence-electron chi connectivity index (χ2n) is 8.28. The topological polar surface area (TPSA) is 121 Å². The Bertz CT molecular complexity index is 1470. The Morgan fingerprint density at radius 1 is 0.944 bits per heavy atom. The first-order valence-corrected chi connectivity index (χ1v) is 11.2. The summed E-state index contributed by atoms with van der Waals surface area (Å²) < 4.78 is 16.7. The molecule has 3 N–H and O–H groups in total. The number of ketones is 1. The third-order valence-electron chi connectivity index (χ3n) is 5.88. The largest absolute Gasteiger partial charge is 0.497 e. The number of primary amides is 1. The minimum absolute atomic E-state index is 0.117. The van der Waals surface area contributed by atoms with Gasteiger partial charge in [0.15, 0.2) is 5.76 Å². The molecule has 4 aromatic rings. The number of carbonyl (C=O) groups excluding carboxylic acids is 3. The Kier molecular flexibility index (Phi) is 7.05. The van der Waals surface area contributed by atoms with E-state index in [9.17, 15) is 14.4 Å². The summed E-state index contributed by atoms with van der Waals surface area (Å²) in [5.41, 5.74) is 9.30. The van der Waals surface area contributed by atoms with Crippen LogP contribution in [0, 0.1) is 6.92 Å². The minimum Gasteiger partial charge on any atom is -0.497 e. The fourth-order valence-electron chi connectivity index (χ4n) is 4.02. The second-order valence-corrected chi connectivity index (χ2v) is 8.28. The number of nitrogens with two attached hydrogens (primary N) is 1. The maximum absolute atomic E-state index is 13.3. The van der Waals surface area contributed by atoms with Gasteiger partial charge < -0.3 is 24.9 Å². The van der Waals surface area contributed by atoms with E-state index in [0.29, 0.717) is 22.6 Å². The van der Waals surface area contributed by atoms with Crippen LogP contribution in [0.4, 0.5) is 0 Å². The van der Waals surface area contributed by atoms with Crippen LogP contribution < -0.4 is 20.5 Å². The molecule has 0 atom stereocenters. The summed E-state index contributed by atoms with van der Waals surface area (Å²) in [6.07, 6.45) is 0.117. The van der Waals surface area contributed by atoms with Crippen molar-refractivity contribution >= 4 is 28.6 Å². The van der Waals surface area contributed by atoms with Crippen molar-refractivity contribution in [3.05, 3.63) is 83.1 Å². The molecular weight excluding hydrogens is 460 g/mol. The molecule has 36 heavy (non-hydrogen) atoms. The van der Waals surface area contributed by atoms with Crippen LogP contribution in [-0.2, 0) is 16.0 Å². The summed E-state index contributed by atoms with van der Waals surface area (Å²) in [6, 6.07) is 18.3. The van der Waals surface area contributed by atoms with Crippen molar-refractivity contribution in [2.24, 2.45) is 5.73 Å². The lowest BCUT2D eigenvalue weighted by Gasteiger charge is -2.08. The third kappa shape index (κ3) is 5.07. The van der Waals surface area contributed by atoms with Crippen LogP contribution in [0.3, 0.4) is 0 Å². The van der Waals surface area contributed by atoms with Gasteiger partial charge in [-0.1, -0.05) is 36.4 Å². The average Bonchev–Trinajstić information content (AvgIpc) is 3.22. The molecule has 0 unspecified atom stereocenters. The van der Waals surface area contributed by atoms with E-state index in [0.717, 1.165) is 27.6 Å². The monoisotopic (exact) mass is 486 g/mol. The van der Waals surface area contributed by atoms with Gasteiger partial charge in [-0.05, 0) is 41.8 Å². The van der Waals surface area contributed by atoms with Gasteiger partial charge in [0.05, 0.1) is 32.7 Å². The first-order chi connectivity index (χ1) is 17.3. The Labute approximate surface area is 208 Å². The van der Waals surface area contributed by atoms with Crippen molar-refractivity contribution in [1.29, 1.82) is 0 Å². The molecule has 0 bridgehead atoms. The highest BCUT2D eigenvalue weighted by Crippen LogP contribution is 2.33. The fourth-order valence-corrected chi connectivity index (χ4v) is 4.02. The molecule has 184 valence electrons. The number of hydrogen-bond acceptors (Lipinski definition) is 6. The molecule has 1 aromatic heterocycles. The number of ether oxygens (including phenoxy) is 2. The van der Waals surface area contributed by atoms with Gasteiger partial charge in [0.1, 0.15) is 17.1 Å². The van der Waals surface area contributed by atoms with E-state index < -0.39 is 5.91 Å². The van der Waals surface area contributed by atoms with Crippen molar-refractivity contribution in [3.8, 4) is 22.6 Å². The number of amides is 2. The van der Waals surface area contributed by atoms with Crippen LogP contribution in [0.5, 0.6) is 11.5 Å². The van der Waals surface area contributed by atoms with Gasteiger partial charge in [-0.25, -0.2) is 0 Å². The molecular formula is C28H26N2O6. The van der Waals surface area contributed by atoms with Gasteiger partial charge in [-0.3, -0.25) is 14.4 Å². The summed E-state index contributed by atoms with van der Waals surface area (Å²) in [7, 11) is 3.05. The minimum atomic E-state index is -0.595. The first-order valence-electron chi connectivity index (χ1n) is 11.2. The Morgan fingerprint density at radius 3 is 2.44 bits per heavy atom. The zero-order chi connectivity index (χ0) is 25.8. The average molecular weight is 487 g/mol. The molecule has 0 aliphatic rings. The van der Waals surface area contributed by atoms with E-state index in [2.05, 4.69) is 5.32 Å². The van der Waals surface area contributed by atoms with E-state index in [4.69, 9.17) is 19.6 Å². The van der Waals surface area contributed by atoms with Crippen LogP contribution in [0.15, 0.2) is 65.1 Å².